The highest BCUT2D eigenvalue weighted by Crippen LogP contribution is 2.29. The minimum Gasteiger partial charge on any atom is -0.208 e. The Balaban J connectivity index is 2.23. The molecule has 0 spiro atoms. The number of sulfonamides is 1. The number of nitrogens with one attached hydrogen (secondary N) is 1. The lowest BCUT2D eigenvalue weighted by Crippen LogP contribution is -2.37. The first-order valence-corrected chi connectivity index (χ1v) is 8.74. The van der Waals surface area contributed by atoms with Gasteiger partial charge in [0.05, 0.1) is 0 Å². The number of hydrogen-bond donors (Lipinski definition) is 1. The summed E-state index contributed by atoms with van der Waals surface area (Å²) in [6.45, 7) is 2.13. The summed E-state index contributed by atoms with van der Waals surface area (Å²) in [5.41, 5.74) is 0. The number of halogens is 3. The third-order valence-corrected chi connectivity index (χ3v) is 6.05. The SMILES string of the molecule is CC1CCC(NS(=O)(=O)c2c(F)cc(F)cc2Br)CC1. The molecule has 0 radical (unpaired) electrons. The van der Waals surface area contributed by atoms with Crippen LogP contribution in [0.5, 0.6) is 0 Å². The molecule has 0 atom stereocenters. The van der Waals surface area contributed by atoms with Gasteiger partial charge in [0.25, 0.3) is 0 Å². The Morgan fingerprint density at radius 3 is 2.35 bits per heavy atom. The van der Waals surface area contributed by atoms with Crippen molar-refractivity contribution in [1.29, 1.82) is 0 Å². The Kier molecular flexibility index (Phi) is 4.81. The predicted molar refractivity (Wildman–Crippen MR) is 75.8 cm³/mol. The van der Waals surface area contributed by atoms with Gasteiger partial charge in [0.15, 0.2) is 0 Å². The second kappa shape index (κ2) is 6.07. The van der Waals surface area contributed by atoms with E-state index in [4.69, 9.17) is 0 Å². The van der Waals surface area contributed by atoms with Crippen LogP contribution in [0.15, 0.2) is 21.5 Å². The third kappa shape index (κ3) is 3.56. The molecule has 2 rings (SSSR count). The topological polar surface area (TPSA) is 46.2 Å². The van der Waals surface area contributed by atoms with Crippen molar-refractivity contribution in [3.8, 4) is 0 Å². The van der Waals surface area contributed by atoms with E-state index in [0.29, 0.717) is 12.0 Å². The van der Waals surface area contributed by atoms with E-state index in [-0.39, 0.29) is 10.5 Å². The maximum Gasteiger partial charge on any atom is 0.244 e. The van der Waals surface area contributed by atoms with Crippen LogP contribution in [0.3, 0.4) is 0 Å². The minimum absolute atomic E-state index is 0.105. The first-order chi connectivity index (χ1) is 9.29. The van der Waals surface area contributed by atoms with E-state index < -0.39 is 26.6 Å². The van der Waals surface area contributed by atoms with Crippen LogP contribution >= 0.6 is 15.9 Å². The number of hydrogen-bond acceptors (Lipinski definition) is 2. The molecule has 1 fully saturated rings. The molecule has 0 aromatic heterocycles. The Bertz CT molecular complexity index is 575. The smallest absolute Gasteiger partial charge is 0.208 e. The van der Waals surface area contributed by atoms with Crippen molar-refractivity contribution in [2.45, 2.75) is 43.5 Å². The molecular formula is C13H16BrF2NO2S. The maximum atomic E-state index is 13.7. The average molecular weight is 368 g/mol. The molecule has 1 aromatic rings. The molecule has 0 unspecified atom stereocenters. The fourth-order valence-electron chi connectivity index (χ4n) is 2.44. The van der Waals surface area contributed by atoms with Crippen LogP contribution in [-0.2, 0) is 10.0 Å². The zero-order valence-electron chi connectivity index (χ0n) is 11.0. The van der Waals surface area contributed by atoms with Crippen LogP contribution in [0.2, 0.25) is 0 Å². The van der Waals surface area contributed by atoms with Gasteiger partial charge in [-0.3, -0.25) is 0 Å². The Morgan fingerprint density at radius 2 is 1.80 bits per heavy atom. The van der Waals surface area contributed by atoms with E-state index in [2.05, 4.69) is 27.6 Å². The van der Waals surface area contributed by atoms with Gasteiger partial charge >= 0.3 is 0 Å². The zero-order valence-corrected chi connectivity index (χ0v) is 13.4. The average Bonchev–Trinajstić information content (AvgIpc) is 2.30. The molecule has 0 saturated heterocycles. The van der Waals surface area contributed by atoms with Gasteiger partial charge in [-0.2, -0.15) is 0 Å². The lowest BCUT2D eigenvalue weighted by atomic mass is 9.88. The Labute approximate surface area is 125 Å². The molecule has 20 heavy (non-hydrogen) atoms. The van der Waals surface area contributed by atoms with Gasteiger partial charge in [-0.05, 0) is 53.6 Å². The molecule has 0 aliphatic heterocycles. The lowest BCUT2D eigenvalue weighted by molar-refractivity contribution is 0.331. The molecule has 1 aliphatic carbocycles. The third-order valence-electron chi connectivity index (χ3n) is 3.57. The highest BCUT2D eigenvalue weighted by atomic mass is 79.9. The first kappa shape index (κ1) is 15.9. The number of rotatable bonds is 3. The van der Waals surface area contributed by atoms with Crippen LogP contribution in [0, 0.1) is 17.6 Å². The van der Waals surface area contributed by atoms with Gasteiger partial charge in [0.1, 0.15) is 16.5 Å². The van der Waals surface area contributed by atoms with Gasteiger partial charge in [-0.15, -0.1) is 0 Å². The molecule has 1 aliphatic rings. The maximum absolute atomic E-state index is 13.7. The largest absolute Gasteiger partial charge is 0.244 e. The molecule has 1 N–H and O–H groups in total. The van der Waals surface area contributed by atoms with Gasteiger partial charge in [0, 0.05) is 16.6 Å². The fourth-order valence-corrected chi connectivity index (χ4v) is 4.91. The van der Waals surface area contributed by atoms with Crippen molar-refractivity contribution in [2.24, 2.45) is 5.92 Å². The van der Waals surface area contributed by atoms with Crippen LogP contribution in [0.1, 0.15) is 32.6 Å². The highest BCUT2D eigenvalue weighted by molar-refractivity contribution is 9.10. The van der Waals surface area contributed by atoms with E-state index in [1.807, 2.05) is 0 Å². The normalized spacial score (nSPS) is 23.8. The van der Waals surface area contributed by atoms with Gasteiger partial charge in [-0.1, -0.05) is 6.92 Å². The Hall–Kier alpha value is -0.530. The van der Waals surface area contributed by atoms with E-state index in [9.17, 15) is 17.2 Å². The molecule has 112 valence electrons. The summed E-state index contributed by atoms with van der Waals surface area (Å²) in [7, 11) is -3.99. The fraction of sp³-hybridized carbons (Fsp3) is 0.538. The van der Waals surface area contributed by atoms with Crippen molar-refractivity contribution < 1.29 is 17.2 Å². The number of benzene rings is 1. The highest BCUT2D eigenvalue weighted by Gasteiger charge is 2.28. The van der Waals surface area contributed by atoms with Gasteiger partial charge in [0.2, 0.25) is 10.0 Å². The first-order valence-electron chi connectivity index (χ1n) is 6.46. The Morgan fingerprint density at radius 1 is 1.20 bits per heavy atom. The molecule has 1 saturated carbocycles. The zero-order chi connectivity index (χ0) is 14.9. The quantitative estimate of drug-likeness (QED) is 0.887. The molecule has 0 bridgehead atoms. The summed E-state index contributed by atoms with van der Waals surface area (Å²) in [4.78, 5) is -0.530. The molecule has 3 nitrogen and oxygen atoms in total. The summed E-state index contributed by atoms with van der Waals surface area (Å²) in [6, 6.07) is 1.33. The molecular weight excluding hydrogens is 352 g/mol. The molecule has 0 heterocycles. The molecule has 1 aromatic carbocycles. The summed E-state index contributed by atoms with van der Waals surface area (Å²) in [6.07, 6.45) is 3.36. The van der Waals surface area contributed by atoms with Crippen molar-refractivity contribution in [1.82, 2.24) is 4.72 Å². The molecule has 7 heteroatoms. The summed E-state index contributed by atoms with van der Waals surface area (Å²) in [5, 5.41) is 0. The summed E-state index contributed by atoms with van der Waals surface area (Å²) < 4.78 is 53.6. The van der Waals surface area contributed by atoms with Crippen LogP contribution in [0.4, 0.5) is 8.78 Å². The van der Waals surface area contributed by atoms with Crippen molar-refractivity contribution >= 4 is 26.0 Å². The van der Waals surface area contributed by atoms with Crippen molar-refractivity contribution in [3.63, 3.8) is 0 Å². The standard InChI is InChI=1S/C13H16BrF2NO2S/c1-8-2-4-10(5-3-8)17-20(18,19)13-11(14)6-9(15)7-12(13)16/h6-8,10,17H,2-5H2,1H3. The van der Waals surface area contributed by atoms with Crippen molar-refractivity contribution in [2.75, 3.05) is 0 Å². The van der Waals surface area contributed by atoms with Gasteiger partial charge < -0.3 is 0 Å². The van der Waals surface area contributed by atoms with E-state index >= 15 is 0 Å². The second-order valence-electron chi connectivity index (χ2n) is 5.28. The monoisotopic (exact) mass is 367 g/mol. The van der Waals surface area contributed by atoms with Crippen molar-refractivity contribution in [3.05, 3.63) is 28.2 Å². The summed E-state index contributed by atoms with van der Waals surface area (Å²) >= 11 is 2.91. The van der Waals surface area contributed by atoms with Crippen LogP contribution < -0.4 is 4.72 Å². The molecule has 0 amide bonds. The second-order valence-corrected chi connectivity index (χ2v) is 7.78. The summed E-state index contributed by atoms with van der Waals surface area (Å²) in [5.74, 6) is -1.32. The van der Waals surface area contributed by atoms with Crippen LogP contribution in [0.25, 0.3) is 0 Å². The predicted octanol–water partition coefficient (Wildman–Crippen LogP) is 3.58. The minimum atomic E-state index is -3.99. The van der Waals surface area contributed by atoms with Crippen LogP contribution in [-0.4, -0.2) is 14.5 Å². The lowest BCUT2D eigenvalue weighted by Gasteiger charge is -2.26. The van der Waals surface area contributed by atoms with Gasteiger partial charge in [-0.25, -0.2) is 21.9 Å². The van der Waals surface area contributed by atoms with E-state index in [1.54, 1.807) is 0 Å². The van der Waals surface area contributed by atoms with E-state index in [0.717, 1.165) is 31.7 Å². The van der Waals surface area contributed by atoms with E-state index in [1.165, 1.54) is 0 Å².